The van der Waals surface area contributed by atoms with Crippen molar-refractivity contribution in [3.8, 4) is 11.5 Å². The summed E-state index contributed by atoms with van der Waals surface area (Å²) in [5.74, 6) is 2.89. The second-order valence-electron chi connectivity index (χ2n) is 13.9. The van der Waals surface area contributed by atoms with Crippen LogP contribution in [0.3, 0.4) is 0 Å². The van der Waals surface area contributed by atoms with Crippen molar-refractivity contribution < 1.29 is 14.3 Å². The zero-order valence-corrected chi connectivity index (χ0v) is 28.0. The maximum absolute atomic E-state index is 13.3. The predicted octanol–water partition coefficient (Wildman–Crippen LogP) is 5.62. The smallest absolute Gasteiger partial charge is 0.254 e. The molecule has 1 aromatic heterocycles. The van der Waals surface area contributed by atoms with E-state index < -0.39 is 14.9 Å². The van der Waals surface area contributed by atoms with E-state index in [0.717, 1.165) is 36.3 Å². The highest BCUT2D eigenvalue weighted by molar-refractivity contribution is 8.48. The van der Waals surface area contributed by atoms with E-state index in [-0.39, 0.29) is 23.9 Å². The van der Waals surface area contributed by atoms with Crippen molar-refractivity contribution in [3.63, 3.8) is 0 Å². The second kappa shape index (κ2) is 11.0. The summed E-state index contributed by atoms with van der Waals surface area (Å²) in [6, 6.07) is 4.20. The maximum atomic E-state index is 13.3. The number of rotatable bonds is 6. The molecule has 2 aromatic rings. The number of aromatic nitrogens is 1. The molecule has 1 amide bonds. The summed E-state index contributed by atoms with van der Waals surface area (Å²) in [5, 5.41) is 3.27. The normalized spacial score (nSPS) is 28.0. The minimum absolute atomic E-state index is 0.117. The van der Waals surface area contributed by atoms with Gasteiger partial charge in [-0.2, -0.15) is 0 Å². The maximum Gasteiger partial charge on any atom is 0.254 e. The van der Waals surface area contributed by atoms with Gasteiger partial charge in [-0.15, -0.1) is 11.8 Å². The Bertz CT molecular complexity index is 1400. The van der Waals surface area contributed by atoms with Crippen molar-refractivity contribution in [2.45, 2.75) is 69.7 Å². The number of ether oxygens (including phenoxy) is 2. The number of hydrogen-bond acceptors (Lipinski definition) is 6. The van der Waals surface area contributed by atoms with Gasteiger partial charge in [-0.3, -0.25) is 23.7 Å². The monoisotopic (exact) mass is 623 g/mol. The third-order valence-electron chi connectivity index (χ3n) is 9.56. The summed E-state index contributed by atoms with van der Waals surface area (Å²) in [5.41, 5.74) is 2.24. The Morgan fingerprint density at radius 1 is 1.12 bits per heavy atom. The lowest BCUT2D eigenvalue weighted by Gasteiger charge is -2.58. The number of H-pyrrole nitrogens is 1. The van der Waals surface area contributed by atoms with Crippen molar-refractivity contribution >= 4 is 38.4 Å². The van der Waals surface area contributed by atoms with Crippen LogP contribution in [0.5, 0.6) is 11.5 Å². The number of nitrogens with zero attached hydrogens (tertiary/aromatic N) is 1. The van der Waals surface area contributed by atoms with E-state index in [1.807, 2.05) is 33.1 Å². The summed E-state index contributed by atoms with van der Waals surface area (Å²) in [7, 11) is -1.44. The average molecular weight is 624 g/mol. The summed E-state index contributed by atoms with van der Waals surface area (Å²) in [6.07, 6.45) is 13.9. The van der Waals surface area contributed by atoms with Crippen LogP contribution in [0.1, 0.15) is 59.8 Å². The first-order chi connectivity index (χ1) is 19.2. The number of aromatic amines is 1. The Morgan fingerprint density at radius 3 is 2.39 bits per heavy atom. The first-order valence-electron chi connectivity index (χ1n) is 14.7. The predicted molar refractivity (Wildman–Crippen MR) is 174 cm³/mol. The van der Waals surface area contributed by atoms with Crippen LogP contribution >= 0.6 is 32.5 Å². The van der Waals surface area contributed by atoms with Crippen molar-refractivity contribution in [2.75, 3.05) is 49.6 Å². The Hall–Kier alpha value is -1.81. The second-order valence-corrected chi connectivity index (χ2v) is 22.9. The van der Waals surface area contributed by atoms with E-state index in [2.05, 4.69) is 34.0 Å². The lowest BCUT2D eigenvalue weighted by molar-refractivity contribution is -0.124. The quantitative estimate of drug-likeness (QED) is 0.286. The lowest BCUT2D eigenvalue weighted by Crippen LogP contribution is -2.51. The molecule has 1 saturated carbocycles. The molecule has 1 saturated heterocycles. The number of nitrogens with one attached hydrogen (secondary N) is 2. The SMILES string of the molecule is CSc1cc(C)[nH]c(=O)c1CNC(=O)c1cc(Cl)c2c(c1C)OC(C)(C1CCC(N3CC[SH](C)(C)(C)CC3)CC1)O2. The molecule has 1 aromatic carbocycles. The van der Waals surface area contributed by atoms with Gasteiger partial charge >= 0.3 is 0 Å². The van der Waals surface area contributed by atoms with E-state index in [9.17, 15) is 9.59 Å². The highest BCUT2D eigenvalue weighted by Crippen LogP contribution is 2.60. The zero-order chi connectivity index (χ0) is 29.8. The fourth-order valence-corrected chi connectivity index (χ4v) is 9.76. The molecule has 2 N–H and O–H groups in total. The van der Waals surface area contributed by atoms with Crippen molar-refractivity contribution in [2.24, 2.45) is 5.92 Å². The summed E-state index contributed by atoms with van der Waals surface area (Å²) in [4.78, 5) is 32.2. The third kappa shape index (κ3) is 6.29. The minimum Gasteiger partial charge on any atom is -0.448 e. The van der Waals surface area contributed by atoms with Crippen molar-refractivity contribution in [3.05, 3.63) is 49.9 Å². The van der Waals surface area contributed by atoms with Gasteiger partial charge in [-0.25, -0.2) is 0 Å². The highest BCUT2D eigenvalue weighted by Gasteiger charge is 2.48. The summed E-state index contributed by atoms with van der Waals surface area (Å²) >= 11 is 8.16. The molecule has 0 spiro atoms. The number of fused-ring (bicyclic) bond motifs is 1. The van der Waals surface area contributed by atoms with Crippen LogP contribution in [0.25, 0.3) is 0 Å². The van der Waals surface area contributed by atoms with Crippen LogP contribution in [0.2, 0.25) is 5.02 Å². The van der Waals surface area contributed by atoms with Crippen LogP contribution in [0.4, 0.5) is 0 Å². The Morgan fingerprint density at radius 2 is 1.76 bits per heavy atom. The first-order valence-corrected chi connectivity index (χ1v) is 20.2. The van der Waals surface area contributed by atoms with E-state index in [4.69, 9.17) is 21.1 Å². The van der Waals surface area contributed by atoms with E-state index >= 15 is 0 Å². The van der Waals surface area contributed by atoms with Crippen LogP contribution in [-0.2, 0) is 6.54 Å². The lowest BCUT2D eigenvalue weighted by atomic mass is 9.80. The standard InChI is InChI=1S/C31H46ClN3O4S2/c1-19-16-26(40-4)24(30(37)34-19)18-33-29(36)23-17-25(32)28-27(20(23)2)38-31(3,39-28)21-8-10-22(11-9-21)35-12-14-41(5,6,7)15-13-35/h16-17,21-22,41H,8-15,18H2,1-7H3,(H,33,36)(H,34,37). The van der Waals surface area contributed by atoms with Gasteiger partial charge in [0.05, 0.1) is 5.02 Å². The molecule has 0 bridgehead atoms. The number of halogens is 1. The Labute approximate surface area is 253 Å². The molecule has 2 aliphatic heterocycles. The van der Waals surface area contributed by atoms with Crippen LogP contribution in [-0.4, -0.2) is 77.2 Å². The van der Waals surface area contributed by atoms with Crippen LogP contribution in [0.15, 0.2) is 21.8 Å². The van der Waals surface area contributed by atoms with E-state index in [1.54, 1.807) is 6.07 Å². The number of carbonyl (C=O) groups is 1. The highest BCUT2D eigenvalue weighted by atomic mass is 35.5. The van der Waals surface area contributed by atoms with Gasteiger partial charge in [0, 0.05) is 65.8 Å². The first kappa shape index (κ1) is 30.6. The number of aryl methyl sites for hydroxylation is 1. The molecule has 1 atom stereocenters. The fourth-order valence-electron chi connectivity index (χ4n) is 6.60. The molecular formula is C31H46ClN3O4S2. The summed E-state index contributed by atoms with van der Waals surface area (Å²) < 4.78 is 13.0. The molecule has 2 fully saturated rings. The molecule has 0 radical (unpaired) electrons. The molecular weight excluding hydrogens is 578 g/mol. The van der Waals surface area contributed by atoms with Crippen molar-refractivity contribution in [1.29, 1.82) is 0 Å². The molecule has 1 aliphatic carbocycles. The molecule has 7 nitrogen and oxygen atoms in total. The molecule has 10 heteroatoms. The Balaban J connectivity index is 1.25. The third-order valence-corrected chi connectivity index (χ3v) is 14.4. The molecule has 3 aliphatic rings. The zero-order valence-electron chi connectivity index (χ0n) is 25.5. The fraction of sp³-hybridized carbons (Fsp3) is 0.613. The van der Waals surface area contributed by atoms with Gasteiger partial charge in [0.15, 0.2) is 11.5 Å². The number of carbonyl (C=O) groups excluding carboxylic acids is 1. The van der Waals surface area contributed by atoms with Gasteiger partial charge < -0.3 is 19.8 Å². The minimum atomic E-state index is -1.44. The van der Waals surface area contributed by atoms with E-state index in [1.165, 1.54) is 36.4 Å². The molecule has 228 valence electrons. The molecule has 3 heterocycles. The summed E-state index contributed by atoms with van der Waals surface area (Å²) in [6.45, 7) is 8.29. The van der Waals surface area contributed by atoms with Gasteiger partial charge in [0.2, 0.25) is 0 Å². The number of amides is 1. The molecule has 5 rings (SSSR count). The molecule has 1 unspecified atom stereocenters. The topological polar surface area (TPSA) is 83.7 Å². The van der Waals surface area contributed by atoms with Crippen LogP contribution in [0, 0.1) is 19.8 Å². The molecule has 41 heavy (non-hydrogen) atoms. The van der Waals surface area contributed by atoms with Gasteiger partial charge in [0.1, 0.15) is 0 Å². The number of thioether (sulfide) groups is 1. The van der Waals surface area contributed by atoms with Gasteiger partial charge in [-0.05, 0) is 88.2 Å². The van der Waals surface area contributed by atoms with E-state index in [0.29, 0.717) is 39.3 Å². The number of hydrogen-bond donors (Lipinski definition) is 3. The van der Waals surface area contributed by atoms with Crippen molar-refractivity contribution in [1.82, 2.24) is 15.2 Å². The van der Waals surface area contributed by atoms with Crippen LogP contribution < -0.4 is 20.3 Å². The largest absolute Gasteiger partial charge is 0.448 e. The average Bonchev–Trinajstić information content (AvgIpc) is 3.29. The number of thiol groups is 1. The number of pyridine rings is 1. The number of benzene rings is 1. The Kier molecular flexibility index (Phi) is 8.25. The van der Waals surface area contributed by atoms with Gasteiger partial charge in [-0.1, -0.05) is 11.6 Å². The van der Waals surface area contributed by atoms with Gasteiger partial charge in [0.25, 0.3) is 17.3 Å².